The maximum absolute atomic E-state index is 14.2. The summed E-state index contributed by atoms with van der Waals surface area (Å²) in [6, 6.07) is 7.16. The molecule has 94 heavy (non-hydrogen) atoms. The van der Waals surface area contributed by atoms with E-state index in [1.807, 2.05) is 128 Å². The number of alkyl halides is 3. The van der Waals surface area contributed by atoms with Crippen LogP contribution in [-0.2, 0) is 82.6 Å². The van der Waals surface area contributed by atoms with Crippen LogP contribution >= 0.6 is 46.4 Å². The lowest BCUT2D eigenvalue weighted by molar-refractivity contribution is -0.296. The number of cyclic esters (lactones) is 2. The number of benzene rings is 1. The van der Waals surface area contributed by atoms with Crippen molar-refractivity contribution in [3.05, 3.63) is 34.9 Å². The molecule has 0 aliphatic carbocycles. The minimum absolute atomic E-state index is 0.0276. The summed E-state index contributed by atoms with van der Waals surface area (Å²) in [6.07, 6.45) is -4.93. The average molecular weight is 1410 g/mol. The molecule has 8 aliphatic heterocycles. The molecular formula is C70H112Cl4N2O18. The fraction of sp³-hybridized carbons (Fsp3) is 0.857. The molecule has 8 aliphatic rings. The summed E-state index contributed by atoms with van der Waals surface area (Å²) in [5, 5.41) is 26.7. The van der Waals surface area contributed by atoms with Crippen LogP contribution in [0.5, 0.6) is 0 Å². The van der Waals surface area contributed by atoms with Gasteiger partial charge in [0, 0.05) is 47.3 Å². The van der Waals surface area contributed by atoms with Crippen LogP contribution in [0.4, 0.5) is 0 Å². The van der Waals surface area contributed by atoms with Crippen molar-refractivity contribution in [1.29, 1.82) is 0 Å². The smallest absolute Gasteiger partial charge is 0.316 e. The van der Waals surface area contributed by atoms with E-state index in [1.54, 1.807) is 34.7 Å². The van der Waals surface area contributed by atoms with E-state index >= 15 is 0 Å². The third-order valence-corrected chi connectivity index (χ3v) is 21.7. The molecule has 8 fully saturated rings. The fourth-order valence-electron chi connectivity index (χ4n) is 17.2. The second kappa shape index (κ2) is 31.1. The van der Waals surface area contributed by atoms with E-state index in [0.717, 1.165) is 5.56 Å². The topological polar surface area (TPSA) is 235 Å². The number of likely N-dealkylation sites (N-methyl/N-ethyl adjacent to an activating group) is 2. The highest BCUT2D eigenvalue weighted by molar-refractivity contribution is 6.63. The van der Waals surface area contributed by atoms with Crippen molar-refractivity contribution >= 4 is 69.9 Å². The molecule has 0 radical (unpaired) electrons. The number of esters is 2. The van der Waals surface area contributed by atoms with Gasteiger partial charge in [-0.25, -0.2) is 0 Å². The Hall–Kier alpha value is -1.90. The molecular weight excluding hydrogens is 1300 g/mol. The first-order valence-corrected chi connectivity index (χ1v) is 35.8. The Balaban J connectivity index is 0.000000255. The summed E-state index contributed by atoms with van der Waals surface area (Å²) in [6.45, 7) is 38.8. The Morgan fingerprint density at radius 1 is 0.606 bits per heavy atom. The minimum Gasteiger partial charge on any atom is -0.458 e. The molecule has 8 heterocycles. The largest absolute Gasteiger partial charge is 0.458 e. The third-order valence-electron chi connectivity index (χ3n) is 21.5. The van der Waals surface area contributed by atoms with Crippen LogP contribution in [0.1, 0.15) is 183 Å². The van der Waals surface area contributed by atoms with Gasteiger partial charge in [-0.05, 0) is 165 Å². The molecule has 0 aromatic heterocycles. The van der Waals surface area contributed by atoms with Crippen molar-refractivity contribution in [2.24, 2.45) is 47.3 Å². The van der Waals surface area contributed by atoms with Crippen molar-refractivity contribution in [1.82, 2.24) is 10.2 Å². The zero-order chi connectivity index (χ0) is 70.4. The molecule has 0 spiro atoms. The van der Waals surface area contributed by atoms with Gasteiger partial charge in [0.2, 0.25) is 0 Å². The number of nitrogens with one attached hydrogen (secondary N) is 1. The van der Waals surface area contributed by atoms with Gasteiger partial charge in [0.15, 0.2) is 40.0 Å². The first-order chi connectivity index (χ1) is 43.5. The number of aliphatic hydroxyl groups is 2. The monoisotopic (exact) mass is 1410 g/mol. The minimum atomic E-state index is -1.07. The van der Waals surface area contributed by atoms with Crippen LogP contribution in [0.3, 0.4) is 0 Å². The number of nitrogens with zero attached hydrogens (tertiary/aromatic N) is 1. The lowest BCUT2D eigenvalue weighted by atomic mass is 9.76. The predicted molar refractivity (Wildman–Crippen MR) is 357 cm³/mol. The highest BCUT2D eigenvalue weighted by atomic mass is 35.6. The molecule has 10 unspecified atom stereocenters. The van der Waals surface area contributed by atoms with Gasteiger partial charge in [-0.15, -0.1) is 0 Å². The molecule has 20 nitrogen and oxygen atoms in total. The second-order valence-corrected chi connectivity index (χ2v) is 32.7. The van der Waals surface area contributed by atoms with Gasteiger partial charge in [0.25, 0.3) is 0 Å². The van der Waals surface area contributed by atoms with Gasteiger partial charge >= 0.3 is 11.9 Å². The van der Waals surface area contributed by atoms with E-state index < -0.39 is 123 Å². The zero-order valence-electron chi connectivity index (χ0n) is 59.6. The number of hydrogen-bond acceptors (Lipinski definition) is 20. The van der Waals surface area contributed by atoms with E-state index in [-0.39, 0.29) is 83.9 Å². The Morgan fingerprint density at radius 2 is 0.989 bits per heavy atom. The van der Waals surface area contributed by atoms with Gasteiger partial charge in [-0.3, -0.25) is 24.1 Å². The van der Waals surface area contributed by atoms with Crippen LogP contribution in [0.25, 0.3) is 0 Å². The van der Waals surface area contributed by atoms with E-state index in [9.17, 15) is 29.4 Å². The molecule has 3 N–H and O–H groups in total. The van der Waals surface area contributed by atoms with Crippen molar-refractivity contribution < 1.29 is 86.2 Å². The predicted octanol–water partition coefficient (Wildman–Crippen LogP) is 11.3. The highest BCUT2D eigenvalue weighted by Gasteiger charge is 2.64. The molecule has 0 saturated carbocycles. The molecule has 24 heteroatoms. The number of aliphatic hydroxyl groups excluding tert-OH is 2. The normalized spacial score (nSPS) is 45.8. The summed E-state index contributed by atoms with van der Waals surface area (Å²) in [5.74, 6) is -7.69. The third kappa shape index (κ3) is 17.2. The molecule has 1 aromatic rings. The van der Waals surface area contributed by atoms with E-state index in [2.05, 4.69) is 24.1 Å². The van der Waals surface area contributed by atoms with Crippen LogP contribution in [0.15, 0.2) is 24.3 Å². The first kappa shape index (κ1) is 79.4. The van der Waals surface area contributed by atoms with Crippen molar-refractivity contribution in [3.8, 4) is 0 Å². The summed E-state index contributed by atoms with van der Waals surface area (Å²) < 4.78 is 77.0. The van der Waals surface area contributed by atoms with Gasteiger partial charge < -0.3 is 72.4 Å². The van der Waals surface area contributed by atoms with Crippen LogP contribution < -0.4 is 5.32 Å². The number of hydrogen-bond donors (Lipinski definition) is 3. The van der Waals surface area contributed by atoms with Crippen molar-refractivity contribution in [2.75, 3.05) is 14.1 Å². The molecule has 8 saturated heterocycles. The molecule has 1 aromatic carbocycles. The SMILES string of the molecule is CC[C@H]1OC(C)(C)O[C@@]1(C)[C@@H]1OC(=O)[C@H](C)C(=O)[C@H](C)[C@@H](O[C@@H]2OC(C)CC(N(C)Cc3ccc(Cl)cc3)C2O)[C@]2(C)CC(C)C(O2)[C@@H]1C.CC[C@H]1OC(C)(C)O[C@@]1(C)[C@@H]1OC(=O)[C@H](C)C(=O)[C@H](C)[C@@H](O[C@@H]2OC(C)CC(NC)C2O)[C@]2(C)CC(C)C(O2)[C@@H]1C.ClC(Cl)Cl. The number of ketones is 2. The Morgan fingerprint density at radius 3 is 1.37 bits per heavy atom. The average Bonchev–Trinajstić information content (AvgIpc) is 1.58. The number of Topliss-reactive ketones (excluding diaryl/α,β-unsaturated/α-hetero) is 2. The van der Waals surface area contributed by atoms with Crippen LogP contribution in [-0.4, -0.2) is 189 Å². The van der Waals surface area contributed by atoms with Crippen molar-refractivity contribution in [2.45, 2.75) is 320 Å². The Labute approximate surface area is 579 Å². The Bertz CT molecular complexity index is 2730. The maximum atomic E-state index is 14.2. The van der Waals surface area contributed by atoms with E-state index in [4.69, 9.17) is 103 Å². The van der Waals surface area contributed by atoms with Crippen LogP contribution in [0.2, 0.25) is 5.02 Å². The van der Waals surface area contributed by atoms with E-state index in [0.29, 0.717) is 50.1 Å². The molecule has 28 atom stereocenters. The van der Waals surface area contributed by atoms with Gasteiger partial charge in [-0.2, -0.15) is 0 Å². The number of carbonyl (C=O) groups is 4. The van der Waals surface area contributed by atoms with Gasteiger partial charge in [-0.1, -0.05) is 114 Å². The quantitative estimate of drug-likeness (QED) is 0.100. The second-order valence-electron chi connectivity index (χ2n) is 30.3. The summed E-state index contributed by atoms with van der Waals surface area (Å²) in [7, 11) is 3.77. The number of rotatable bonds is 12. The first-order valence-electron chi connectivity index (χ1n) is 34.1. The lowest BCUT2D eigenvalue weighted by Gasteiger charge is -2.46. The Kier molecular flexibility index (Phi) is 26.3. The van der Waals surface area contributed by atoms with Gasteiger partial charge in [0.05, 0.1) is 60.0 Å². The number of halogens is 4. The molecule has 9 rings (SSSR count). The zero-order valence-corrected chi connectivity index (χ0v) is 62.6. The fourth-order valence-corrected chi connectivity index (χ4v) is 17.3. The number of carbonyl (C=O) groups excluding carboxylic acids is 4. The molecule has 0 amide bonds. The summed E-state index contributed by atoms with van der Waals surface area (Å²) in [4.78, 5) is 57.7. The molecule has 4 bridgehead atoms. The van der Waals surface area contributed by atoms with Crippen LogP contribution in [0, 0.1) is 47.3 Å². The van der Waals surface area contributed by atoms with Crippen molar-refractivity contribution in [3.63, 3.8) is 0 Å². The summed E-state index contributed by atoms with van der Waals surface area (Å²) in [5.41, 5.74) is -2.68. The standard InChI is InChI=1S/C38H58ClNO9.C31H53NO9.CHCl3/c1-12-28-38(10,49-36(7,8)47-28)33-24(6)31-20(2)18-37(9,48-31)32(22(4)29(41)23(5)34(43)45-33)46-35-30(42)27(17-21(3)44-35)40(11)19-25-13-15-26(39)16-14-25;1-12-21-31(10,41-29(7,8)39-21)26-19(6)24-15(2)14-30(9,40-24)25(17(4)22(33)18(5)27(35)37-26)38-28-23(34)20(32-11)13-16(3)36-28;2-1(3)4/h13-16,20-24,27-28,30-33,35,42H,12,17-19H2,1-11H3;15-21,23-26,28,32,34H,12-14H2,1-11H3;1H/t20?,21?,22-,23+,24-,27?,28+,30?,31?,32+,33+,35-,37-,38+;15?,16?,17-,18+,19-,20?,21+,23?,24?,25+,26+,28-,30-,31+;/m00./s1. The number of ether oxygens (including phenoxy) is 12. The van der Waals surface area contributed by atoms with Gasteiger partial charge in [0.1, 0.15) is 47.5 Å². The lowest BCUT2D eigenvalue weighted by Crippen LogP contribution is -2.58. The van der Waals surface area contributed by atoms with E-state index in [1.165, 1.54) is 0 Å². The summed E-state index contributed by atoms with van der Waals surface area (Å²) >= 11 is 20.5. The molecule has 538 valence electrons. The number of fused-ring (bicyclic) bond motifs is 4. The highest BCUT2D eigenvalue weighted by Crippen LogP contribution is 2.53. The maximum Gasteiger partial charge on any atom is 0.316 e.